The lowest BCUT2D eigenvalue weighted by Gasteiger charge is -2.13. The lowest BCUT2D eigenvalue weighted by atomic mass is 9.96. The summed E-state index contributed by atoms with van der Waals surface area (Å²) in [4.78, 5) is 8.07. The van der Waals surface area contributed by atoms with Gasteiger partial charge < -0.3 is 9.72 Å². The second-order valence-corrected chi connectivity index (χ2v) is 6.06. The van der Waals surface area contributed by atoms with Gasteiger partial charge in [-0.1, -0.05) is 25.1 Å². The molecule has 0 bridgehead atoms. The Bertz CT molecular complexity index is 1030. The van der Waals surface area contributed by atoms with Gasteiger partial charge in [0.05, 0.1) is 12.1 Å². The third-order valence-electron chi connectivity index (χ3n) is 4.59. The number of aromatic nitrogens is 2. The number of fused-ring (bicyclic) bond motifs is 4. The van der Waals surface area contributed by atoms with Crippen LogP contribution in [0.3, 0.4) is 0 Å². The van der Waals surface area contributed by atoms with E-state index in [2.05, 4.69) is 61.1 Å². The van der Waals surface area contributed by atoms with Crippen LogP contribution in [-0.2, 0) is 0 Å². The second kappa shape index (κ2) is 5.27. The minimum atomic E-state index is 0.691. The van der Waals surface area contributed by atoms with Crippen LogP contribution in [0, 0.1) is 13.8 Å². The summed E-state index contributed by atoms with van der Waals surface area (Å²) < 4.78 is 5.92. The summed E-state index contributed by atoms with van der Waals surface area (Å²) in [6, 6.07) is 10.5. The zero-order chi connectivity index (χ0) is 16.0. The molecule has 0 fully saturated rings. The first-order chi connectivity index (χ1) is 11.2. The van der Waals surface area contributed by atoms with Crippen molar-refractivity contribution in [3.63, 3.8) is 0 Å². The van der Waals surface area contributed by atoms with Crippen LogP contribution in [-0.4, -0.2) is 16.6 Å². The number of nitrogens with one attached hydrogen (secondary N) is 1. The van der Waals surface area contributed by atoms with Crippen molar-refractivity contribution in [2.45, 2.75) is 27.2 Å². The predicted octanol–water partition coefficient (Wildman–Crippen LogP) is 5.27. The van der Waals surface area contributed by atoms with Gasteiger partial charge >= 0.3 is 0 Å². The van der Waals surface area contributed by atoms with E-state index in [1.54, 1.807) is 0 Å². The molecule has 0 saturated carbocycles. The Morgan fingerprint density at radius 1 is 1.00 bits per heavy atom. The van der Waals surface area contributed by atoms with Crippen LogP contribution < -0.4 is 4.74 Å². The van der Waals surface area contributed by atoms with Gasteiger partial charge in [-0.05, 0) is 48.9 Å². The average molecular weight is 304 g/mol. The number of ether oxygens (including phenoxy) is 1. The molecule has 0 aliphatic rings. The minimum Gasteiger partial charge on any atom is -0.477 e. The number of pyridine rings is 1. The molecule has 2 aromatic carbocycles. The van der Waals surface area contributed by atoms with Crippen LogP contribution in [0.2, 0.25) is 0 Å². The maximum absolute atomic E-state index is 5.92. The highest BCUT2D eigenvalue weighted by Crippen LogP contribution is 2.39. The van der Waals surface area contributed by atoms with E-state index in [9.17, 15) is 0 Å². The SMILES string of the molecule is CCCOc1nccc2c(C)c3[nH]c4ccccc4c3c(C)c12. The predicted molar refractivity (Wildman–Crippen MR) is 96.4 cm³/mol. The molecular formula is C20H20N2O. The molecule has 1 N–H and O–H groups in total. The van der Waals surface area contributed by atoms with E-state index in [1.165, 1.54) is 38.3 Å². The van der Waals surface area contributed by atoms with Gasteiger partial charge in [0, 0.05) is 27.9 Å². The lowest BCUT2D eigenvalue weighted by molar-refractivity contribution is 0.309. The van der Waals surface area contributed by atoms with Crippen molar-refractivity contribution < 1.29 is 4.74 Å². The number of benzene rings is 2. The molecule has 4 rings (SSSR count). The summed E-state index contributed by atoms with van der Waals surface area (Å²) in [5.41, 5.74) is 4.87. The molecule has 0 spiro atoms. The van der Waals surface area contributed by atoms with Crippen LogP contribution in [0.5, 0.6) is 5.88 Å². The Morgan fingerprint density at radius 2 is 1.83 bits per heavy atom. The van der Waals surface area contributed by atoms with Crippen LogP contribution >= 0.6 is 0 Å². The quantitative estimate of drug-likeness (QED) is 0.559. The molecule has 116 valence electrons. The lowest BCUT2D eigenvalue weighted by Crippen LogP contribution is -1.99. The van der Waals surface area contributed by atoms with Gasteiger partial charge in [-0.25, -0.2) is 4.98 Å². The third-order valence-corrected chi connectivity index (χ3v) is 4.59. The van der Waals surface area contributed by atoms with Gasteiger partial charge in [-0.2, -0.15) is 0 Å². The van der Waals surface area contributed by atoms with Crippen LogP contribution in [0.25, 0.3) is 32.6 Å². The molecule has 0 saturated heterocycles. The zero-order valence-corrected chi connectivity index (χ0v) is 13.7. The molecule has 0 unspecified atom stereocenters. The first-order valence-corrected chi connectivity index (χ1v) is 8.13. The standard InChI is InChI=1S/C20H20N2O/c1-4-11-23-20-18-13(3)17-15-7-5-6-8-16(15)22-19(17)12(2)14(18)9-10-21-20/h5-10,22H,4,11H2,1-3H3. The number of hydrogen-bond acceptors (Lipinski definition) is 2. The number of aromatic amines is 1. The van der Waals surface area contributed by atoms with Gasteiger partial charge in [-0.15, -0.1) is 0 Å². The molecule has 2 aromatic heterocycles. The van der Waals surface area contributed by atoms with Crippen molar-refractivity contribution in [3.05, 3.63) is 47.7 Å². The highest BCUT2D eigenvalue weighted by molar-refractivity contribution is 6.17. The second-order valence-electron chi connectivity index (χ2n) is 6.06. The molecular weight excluding hydrogens is 284 g/mol. The molecule has 3 heteroatoms. The monoisotopic (exact) mass is 304 g/mol. The molecule has 0 radical (unpaired) electrons. The molecule has 23 heavy (non-hydrogen) atoms. The van der Waals surface area contributed by atoms with E-state index in [0.29, 0.717) is 6.61 Å². The van der Waals surface area contributed by atoms with E-state index >= 15 is 0 Å². The summed E-state index contributed by atoms with van der Waals surface area (Å²) in [5.74, 6) is 0.747. The van der Waals surface area contributed by atoms with Gasteiger partial charge in [0.1, 0.15) is 0 Å². The summed E-state index contributed by atoms with van der Waals surface area (Å²) in [6.45, 7) is 7.14. The van der Waals surface area contributed by atoms with Crippen molar-refractivity contribution in [2.24, 2.45) is 0 Å². The Morgan fingerprint density at radius 3 is 2.65 bits per heavy atom. The van der Waals surface area contributed by atoms with Gasteiger partial charge in [0.2, 0.25) is 5.88 Å². The summed E-state index contributed by atoms with van der Waals surface area (Å²) >= 11 is 0. The fourth-order valence-corrected chi connectivity index (χ4v) is 3.50. The Hall–Kier alpha value is -2.55. The summed E-state index contributed by atoms with van der Waals surface area (Å²) in [5, 5.41) is 4.88. The Balaban J connectivity index is 2.18. The minimum absolute atomic E-state index is 0.691. The first kappa shape index (κ1) is 14.1. The molecule has 2 heterocycles. The van der Waals surface area contributed by atoms with Crippen LogP contribution in [0.15, 0.2) is 36.5 Å². The molecule has 4 aromatic rings. The number of nitrogens with zero attached hydrogens (tertiary/aromatic N) is 1. The van der Waals surface area contributed by atoms with Crippen molar-refractivity contribution in [2.75, 3.05) is 6.61 Å². The van der Waals surface area contributed by atoms with E-state index in [4.69, 9.17) is 4.74 Å². The molecule has 0 aliphatic heterocycles. The van der Waals surface area contributed by atoms with E-state index in [-0.39, 0.29) is 0 Å². The number of para-hydroxylation sites is 1. The average Bonchev–Trinajstić information content (AvgIpc) is 2.97. The van der Waals surface area contributed by atoms with Crippen LogP contribution in [0.4, 0.5) is 0 Å². The highest BCUT2D eigenvalue weighted by Gasteiger charge is 2.17. The van der Waals surface area contributed by atoms with Crippen molar-refractivity contribution >= 4 is 32.6 Å². The van der Waals surface area contributed by atoms with Crippen molar-refractivity contribution in [1.29, 1.82) is 0 Å². The third kappa shape index (κ3) is 2.00. The topological polar surface area (TPSA) is 37.9 Å². The van der Waals surface area contributed by atoms with Gasteiger partial charge in [0.15, 0.2) is 0 Å². The molecule has 3 nitrogen and oxygen atoms in total. The summed E-state index contributed by atoms with van der Waals surface area (Å²) in [6.07, 6.45) is 2.82. The van der Waals surface area contributed by atoms with Gasteiger partial charge in [-0.3, -0.25) is 0 Å². The van der Waals surface area contributed by atoms with E-state index in [1.807, 2.05) is 6.20 Å². The fourth-order valence-electron chi connectivity index (χ4n) is 3.50. The zero-order valence-electron chi connectivity index (χ0n) is 13.7. The number of rotatable bonds is 3. The number of aryl methyl sites for hydroxylation is 2. The molecule has 0 atom stereocenters. The molecule has 0 amide bonds. The Kier molecular flexibility index (Phi) is 3.22. The fraction of sp³-hybridized carbons (Fsp3) is 0.250. The smallest absolute Gasteiger partial charge is 0.221 e. The Labute approximate surface area is 135 Å². The largest absolute Gasteiger partial charge is 0.477 e. The van der Waals surface area contributed by atoms with Crippen molar-refractivity contribution in [3.8, 4) is 5.88 Å². The van der Waals surface area contributed by atoms with Crippen molar-refractivity contribution in [1.82, 2.24) is 9.97 Å². The maximum Gasteiger partial charge on any atom is 0.221 e. The first-order valence-electron chi connectivity index (χ1n) is 8.13. The van der Waals surface area contributed by atoms with E-state index < -0.39 is 0 Å². The highest BCUT2D eigenvalue weighted by atomic mass is 16.5. The normalized spacial score (nSPS) is 11.6. The number of H-pyrrole nitrogens is 1. The maximum atomic E-state index is 5.92. The number of hydrogen-bond donors (Lipinski definition) is 1. The van der Waals surface area contributed by atoms with Gasteiger partial charge in [0.25, 0.3) is 0 Å². The van der Waals surface area contributed by atoms with E-state index in [0.717, 1.165) is 17.7 Å². The summed E-state index contributed by atoms with van der Waals surface area (Å²) in [7, 11) is 0. The molecule has 0 aliphatic carbocycles. The van der Waals surface area contributed by atoms with Crippen LogP contribution in [0.1, 0.15) is 24.5 Å².